The van der Waals surface area contributed by atoms with Gasteiger partial charge in [-0.1, -0.05) is 67.5 Å². The Labute approximate surface area is 191 Å². The molecule has 1 spiro atoms. The van der Waals surface area contributed by atoms with E-state index in [-0.39, 0.29) is 16.7 Å². The third-order valence-corrected chi connectivity index (χ3v) is 16.9. The Bertz CT molecular complexity index is 721. The van der Waals surface area contributed by atoms with Crippen LogP contribution in [-0.4, -0.2) is 31.4 Å². The van der Waals surface area contributed by atoms with E-state index in [2.05, 4.69) is 67.5 Å². The van der Waals surface area contributed by atoms with Gasteiger partial charge in [-0.3, -0.25) is 4.79 Å². The van der Waals surface area contributed by atoms with Crippen LogP contribution < -0.4 is 0 Å². The summed E-state index contributed by atoms with van der Waals surface area (Å²) in [5.41, 5.74) is 1.73. The lowest BCUT2D eigenvalue weighted by atomic mass is 9.43. The highest BCUT2D eigenvalue weighted by molar-refractivity contribution is 6.77. The van der Waals surface area contributed by atoms with Crippen LogP contribution in [-0.2, 0) is 9.22 Å². The number of allylic oxidation sites excluding steroid dienone is 2. The van der Waals surface area contributed by atoms with E-state index in [0.717, 1.165) is 25.7 Å². The molecule has 4 aliphatic carbocycles. The summed E-state index contributed by atoms with van der Waals surface area (Å²) >= 11 is 0. The van der Waals surface area contributed by atoms with Gasteiger partial charge in [0.05, 0.1) is 6.10 Å². The minimum Gasteiger partial charge on any atom is -0.413 e. The first-order valence-corrected chi connectivity index (χ1v) is 15.1. The number of fused-ring (bicyclic) bond motifs is 2. The second kappa shape index (κ2) is 7.80. The SMILES string of the molecule is CC(C)[Si](O[C@H]1CC[C@@]2(C)[C@@H](C=C[C@@H]3C[C@H]4C(=O)CC[C@]32[C@@H]4O)[C@@H]1C)(C(C)C)C(C)C. The maximum atomic E-state index is 12.5. The summed E-state index contributed by atoms with van der Waals surface area (Å²) in [4.78, 5) is 12.5. The molecule has 0 aliphatic heterocycles. The number of aliphatic hydroxyl groups excluding tert-OH is 1. The van der Waals surface area contributed by atoms with Gasteiger partial charge in [0.15, 0.2) is 0 Å². The molecule has 4 aliphatic rings. The van der Waals surface area contributed by atoms with Crippen LogP contribution in [0.3, 0.4) is 0 Å². The fraction of sp³-hybridized carbons (Fsp3) is 0.889. The van der Waals surface area contributed by atoms with E-state index in [9.17, 15) is 9.90 Å². The molecule has 0 radical (unpaired) electrons. The first-order chi connectivity index (χ1) is 14.4. The van der Waals surface area contributed by atoms with E-state index in [1.807, 2.05) is 0 Å². The van der Waals surface area contributed by atoms with E-state index in [1.54, 1.807) is 0 Å². The molecule has 0 unspecified atom stereocenters. The number of carbonyl (C=O) groups excluding carboxylic acids is 1. The van der Waals surface area contributed by atoms with E-state index < -0.39 is 14.4 Å². The van der Waals surface area contributed by atoms with E-state index in [0.29, 0.717) is 52.7 Å². The second-order valence-corrected chi connectivity index (χ2v) is 18.0. The largest absolute Gasteiger partial charge is 0.413 e. The molecule has 4 rings (SSSR count). The molecule has 8 atom stereocenters. The zero-order valence-corrected chi connectivity index (χ0v) is 22.2. The molecule has 1 N–H and O–H groups in total. The Kier molecular flexibility index (Phi) is 5.97. The number of hydrogen-bond donors (Lipinski definition) is 1. The Morgan fingerprint density at radius 2 is 1.68 bits per heavy atom. The molecular weight excluding hydrogens is 400 g/mol. The van der Waals surface area contributed by atoms with Crippen molar-refractivity contribution in [1.29, 1.82) is 0 Å². The summed E-state index contributed by atoms with van der Waals surface area (Å²) < 4.78 is 7.31. The second-order valence-electron chi connectivity index (χ2n) is 12.6. The van der Waals surface area contributed by atoms with Crippen LogP contribution in [0.1, 0.15) is 87.5 Å². The third-order valence-electron chi connectivity index (χ3n) is 10.8. The maximum Gasteiger partial charge on any atom is 0.200 e. The molecule has 31 heavy (non-hydrogen) atoms. The minimum absolute atomic E-state index is 0.0538. The summed E-state index contributed by atoms with van der Waals surface area (Å²) in [5.74, 6) is 1.39. The van der Waals surface area contributed by atoms with Gasteiger partial charge in [0, 0.05) is 23.9 Å². The predicted molar refractivity (Wildman–Crippen MR) is 129 cm³/mol. The summed E-state index contributed by atoms with van der Waals surface area (Å²) in [5, 5.41) is 11.4. The molecule has 0 heterocycles. The topological polar surface area (TPSA) is 46.5 Å². The van der Waals surface area contributed by atoms with Crippen molar-refractivity contribution >= 4 is 14.1 Å². The Morgan fingerprint density at radius 3 is 2.26 bits per heavy atom. The molecular formula is C27H46O3Si. The summed E-state index contributed by atoms with van der Waals surface area (Å²) in [6.45, 7) is 19.1. The van der Waals surface area contributed by atoms with Gasteiger partial charge in [0.1, 0.15) is 5.78 Å². The standard InChI is InChI=1S/C27H46O3Si/c1-16(2)31(17(3)4,18(5)6)30-24-12-13-26(8)22(19(24)7)10-9-20-15-21-23(28)11-14-27(20,26)25(21)29/h9-10,16-22,24-25,29H,11-15H2,1-8H3/t19-,20+,21-,22-,24-,25+,26-,27+/m0/s1. The number of Topliss-reactive ketones (excluding diaryl/α,β-unsaturated/α-hetero) is 1. The average molecular weight is 447 g/mol. The molecule has 3 nitrogen and oxygen atoms in total. The van der Waals surface area contributed by atoms with Crippen LogP contribution in [0.25, 0.3) is 0 Å². The van der Waals surface area contributed by atoms with E-state index in [1.165, 1.54) is 0 Å². The number of hydrogen-bond acceptors (Lipinski definition) is 3. The molecule has 0 aromatic rings. The lowest BCUT2D eigenvalue weighted by molar-refractivity contribution is -0.169. The lowest BCUT2D eigenvalue weighted by Crippen LogP contribution is -2.62. The lowest BCUT2D eigenvalue weighted by Gasteiger charge is -2.63. The summed E-state index contributed by atoms with van der Waals surface area (Å²) in [6, 6.07) is 0. The molecule has 3 fully saturated rings. The van der Waals surface area contributed by atoms with Gasteiger partial charge >= 0.3 is 0 Å². The van der Waals surface area contributed by atoms with Crippen LogP contribution >= 0.6 is 0 Å². The van der Waals surface area contributed by atoms with Gasteiger partial charge in [0.25, 0.3) is 0 Å². The molecule has 0 saturated heterocycles. The Balaban J connectivity index is 1.66. The highest BCUT2D eigenvalue weighted by Gasteiger charge is 2.69. The van der Waals surface area contributed by atoms with Gasteiger partial charge in [-0.25, -0.2) is 0 Å². The maximum absolute atomic E-state index is 12.5. The number of ketones is 1. The van der Waals surface area contributed by atoms with Gasteiger partial charge in [-0.05, 0) is 65.5 Å². The molecule has 176 valence electrons. The van der Waals surface area contributed by atoms with E-state index >= 15 is 0 Å². The fourth-order valence-corrected chi connectivity index (χ4v) is 15.0. The Hall–Kier alpha value is -0.453. The van der Waals surface area contributed by atoms with Crippen molar-refractivity contribution in [2.45, 2.75) is 116 Å². The van der Waals surface area contributed by atoms with Gasteiger partial charge in [0.2, 0.25) is 8.32 Å². The highest BCUT2D eigenvalue weighted by atomic mass is 28.4. The summed E-state index contributed by atoms with van der Waals surface area (Å²) in [7, 11) is -1.93. The van der Waals surface area contributed by atoms with Crippen molar-refractivity contribution in [3.63, 3.8) is 0 Å². The quantitative estimate of drug-likeness (QED) is 0.386. The van der Waals surface area contributed by atoms with Crippen LogP contribution in [0.15, 0.2) is 12.2 Å². The first kappa shape index (κ1) is 23.7. The third kappa shape index (κ3) is 2.99. The number of carbonyl (C=O) groups is 1. The molecule has 4 heteroatoms. The van der Waals surface area contributed by atoms with Gasteiger partial charge in [-0.2, -0.15) is 0 Å². The Morgan fingerprint density at radius 1 is 1.06 bits per heavy atom. The van der Waals surface area contributed by atoms with Crippen LogP contribution in [0.4, 0.5) is 0 Å². The molecule has 2 bridgehead atoms. The summed E-state index contributed by atoms with van der Waals surface area (Å²) in [6.07, 6.45) is 9.27. The monoisotopic (exact) mass is 446 g/mol. The molecule has 3 saturated carbocycles. The fourth-order valence-electron chi connectivity index (χ4n) is 9.35. The van der Waals surface area contributed by atoms with Crippen molar-refractivity contribution in [2.24, 2.45) is 34.5 Å². The number of aliphatic hydroxyl groups is 1. The average Bonchev–Trinajstić information content (AvgIpc) is 2.88. The van der Waals surface area contributed by atoms with E-state index in [4.69, 9.17) is 4.43 Å². The minimum atomic E-state index is -1.93. The normalized spacial score (nSPS) is 44.8. The van der Waals surface area contributed by atoms with Crippen molar-refractivity contribution in [3.8, 4) is 0 Å². The van der Waals surface area contributed by atoms with Crippen LogP contribution in [0.2, 0.25) is 16.6 Å². The highest BCUT2D eigenvalue weighted by Crippen LogP contribution is 2.70. The predicted octanol–water partition coefficient (Wildman–Crippen LogP) is 6.52. The van der Waals surface area contributed by atoms with Gasteiger partial charge in [-0.15, -0.1) is 0 Å². The first-order valence-electron chi connectivity index (χ1n) is 13.0. The number of rotatable bonds is 5. The van der Waals surface area contributed by atoms with Crippen LogP contribution in [0.5, 0.6) is 0 Å². The molecule has 0 amide bonds. The smallest absolute Gasteiger partial charge is 0.200 e. The molecule has 0 aromatic carbocycles. The molecule has 0 aromatic heterocycles. The van der Waals surface area contributed by atoms with Crippen molar-refractivity contribution in [2.75, 3.05) is 0 Å². The van der Waals surface area contributed by atoms with Crippen molar-refractivity contribution in [3.05, 3.63) is 12.2 Å². The van der Waals surface area contributed by atoms with Gasteiger partial charge < -0.3 is 9.53 Å². The zero-order chi connectivity index (χ0) is 22.9. The van der Waals surface area contributed by atoms with Crippen molar-refractivity contribution in [1.82, 2.24) is 0 Å². The van der Waals surface area contributed by atoms with Crippen LogP contribution in [0, 0.1) is 34.5 Å². The van der Waals surface area contributed by atoms with Crippen molar-refractivity contribution < 1.29 is 14.3 Å². The zero-order valence-electron chi connectivity index (χ0n) is 21.2.